The van der Waals surface area contributed by atoms with E-state index >= 15 is 0 Å². The van der Waals surface area contributed by atoms with Crippen molar-refractivity contribution in [2.75, 3.05) is 5.32 Å². The predicted molar refractivity (Wildman–Crippen MR) is 79.2 cm³/mol. The maximum absolute atomic E-state index is 11.5. The molecule has 0 fully saturated rings. The van der Waals surface area contributed by atoms with Crippen LogP contribution in [0.5, 0.6) is 0 Å². The lowest BCUT2D eigenvalue weighted by Crippen LogP contribution is -2.27. The van der Waals surface area contributed by atoms with Crippen LogP contribution in [0.2, 0.25) is 0 Å². The van der Waals surface area contributed by atoms with Gasteiger partial charge in [-0.05, 0) is 37.0 Å². The van der Waals surface area contributed by atoms with Crippen molar-refractivity contribution in [1.82, 2.24) is 0 Å². The summed E-state index contributed by atoms with van der Waals surface area (Å²) in [7, 11) is 0. The van der Waals surface area contributed by atoms with Crippen molar-refractivity contribution in [2.45, 2.75) is 40.2 Å². The van der Waals surface area contributed by atoms with Crippen LogP contribution in [0.15, 0.2) is 12.1 Å². The Morgan fingerprint density at radius 1 is 1.30 bits per heavy atom. The van der Waals surface area contributed by atoms with Crippen LogP contribution in [0.3, 0.4) is 0 Å². The summed E-state index contributed by atoms with van der Waals surface area (Å²) in [5.41, 5.74) is 6.89. The van der Waals surface area contributed by atoms with Crippen LogP contribution in [0.1, 0.15) is 53.5 Å². The van der Waals surface area contributed by atoms with Gasteiger partial charge >= 0.3 is 5.97 Å². The summed E-state index contributed by atoms with van der Waals surface area (Å²) in [6, 6.07) is 3.17. The zero-order chi connectivity index (χ0) is 15.4. The van der Waals surface area contributed by atoms with Crippen molar-refractivity contribution < 1.29 is 14.7 Å². The van der Waals surface area contributed by atoms with E-state index in [1.165, 1.54) is 12.1 Å². The van der Waals surface area contributed by atoms with E-state index in [1.807, 2.05) is 6.92 Å². The van der Waals surface area contributed by atoms with Crippen LogP contribution in [0, 0.1) is 12.8 Å². The number of amides is 1. The number of benzene rings is 1. The second kappa shape index (κ2) is 6.41. The Bertz CT molecular complexity index is 524. The highest BCUT2D eigenvalue weighted by molar-refractivity contribution is 6.01. The van der Waals surface area contributed by atoms with Gasteiger partial charge in [-0.1, -0.05) is 20.8 Å². The van der Waals surface area contributed by atoms with Crippen molar-refractivity contribution in [3.8, 4) is 0 Å². The molecule has 0 saturated heterocycles. The molecule has 1 unspecified atom stereocenters. The Hall–Kier alpha value is -2.04. The molecule has 0 bridgehead atoms. The van der Waals surface area contributed by atoms with Crippen LogP contribution < -0.4 is 11.1 Å². The maximum atomic E-state index is 11.5. The third-order valence-electron chi connectivity index (χ3n) is 3.45. The van der Waals surface area contributed by atoms with Crippen LogP contribution >= 0.6 is 0 Å². The zero-order valence-corrected chi connectivity index (χ0v) is 12.4. The summed E-state index contributed by atoms with van der Waals surface area (Å²) in [5, 5.41) is 12.4. The first-order valence-corrected chi connectivity index (χ1v) is 6.72. The number of hydrogen-bond acceptors (Lipinski definition) is 3. The molecule has 0 aliphatic heterocycles. The Morgan fingerprint density at radius 3 is 2.30 bits per heavy atom. The van der Waals surface area contributed by atoms with Crippen LogP contribution in [0.4, 0.5) is 5.69 Å². The van der Waals surface area contributed by atoms with Gasteiger partial charge in [0.1, 0.15) is 0 Å². The number of primary amides is 1. The molecule has 1 atom stereocenters. The molecule has 20 heavy (non-hydrogen) atoms. The summed E-state index contributed by atoms with van der Waals surface area (Å²) in [4.78, 5) is 22.7. The van der Waals surface area contributed by atoms with Gasteiger partial charge in [-0.25, -0.2) is 4.79 Å². The van der Waals surface area contributed by atoms with Crippen LogP contribution in [0.25, 0.3) is 0 Å². The van der Waals surface area contributed by atoms with E-state index in [2.05, 4.69) is 19.2 Å². The number of carbonyl (C=O) groups is 2. The molecule has 0 aromatic heterocycles. The monoisotopic (exact) mass is 278 g/mol. The standard InChI is InChI=1S/C15H22N2O3/c1-5-12(8(2)3)17-13-7-10(15(19)20)9(4)6-11(13)14(16)18/h6-8,12,17H,5H2,1-4H3,(H2,16,18)(H,19,20). The lowest BCUT2D eigenvalue weighted by molar-refractivity contribution is 0.0695. The predicted octanol–water partition coefficient (Wildman–Crippen LogP) is 2.64. The fraction of sp³-hybridized carbons (Fsp3) is 0.467. The third kappa shape index (κ3) is 3.50. The largest absolute Gasteiger partial charge is 0.478 e. The summed E-state index contributed by atoms with van der Waals surface area (Å²) in [6.07, 6.45) is 0.867. The van der Waals surface area contributed by atoms with Gasteiger partial charge < -0.3 is 16.2 Å². The van der Waals surface area contributed by atoms with Crippen molar-refractivity contribution in [1.29, 1.82) is 0 Å². The van der Waals surface area contributed by atoms with Crippen molar-refractivity contribution >= 4 is 17.6 Å². The van der Waals surface area contributed by atoms with Gasteiger partial charge in [-0.15, -0.1) is 0 Å². The quantitative estimate of drug-likeness (QED) is 0.745. The normalized spacial score (nSPS) is 12.2. The van der Waals surface area contributed by atoms with E-state index in [0.29, 0.717) is 22.7 Å². The molecule has 1 amide bonds. The summed E-state index contributed by atoms with van der Waals surface area (Å²) < 4.78 is 0. The number of hydrogen-bond donors (Lipinski definition) is 3. The van der Waals surface area contributed by atoms with Crippen LogP contribution in [-0.4, -0.2) is 23.0 Å². The number of rotatable bonds is 6. The first-order valence-electron chi connectivity index (χ1n) is 6.72. The molecule has 0 heterocycles. The number of aromatic carboxylic acids is 1. The smallest absolute Gasteiger partial charge is 0.336 e. The molecular weight excluding hydrogens is 256 g/mol. The van der Waals surface area contributed by atoms with Gasteiger partial charge in [0.25, 0.3) is 5.91 Å². The van der Waals surface area contributed by atoms with Crippen molar-refractivity contribution in [3.63, 3.8) is 0 Å². The minimum Gasteiger partial charge on any atom is -0.478 e. The van der Waals surface area contributed by atoms with Gasteiger partial charge in [0, 0.05) is 11.7 Å². The van der Waals surface area contributed by atoms with Gasteiger partial charge in [0.05, 0.1) is 11.1 Å². The Kier molecular flexibility index (Phi) is 5.13. The topological polar surface area (TPSA) is 92.4 Å². The lowest BCUT2D eigenvalue weighted by atomic mass is 9.98. The van der Waals surface area contributed by atoms with E-state index in [9.17, 15) is 14.7 Å². The first kappa shape index (κ1) is 16.0. The second-order valence-corrected chi connectivity index (χ2v) is 5.29. The summed E-state index contributed by atoms with van der Waals surface area (Å²) in [6.45, 7) is 7.82. The molecule has 110 valence electrons. The van der Waals surface area contributed by atoms with E-state index < -0.39 is 11.9 Å². The molecule has 5 nitrogen and oxygen atoms in total. The third-order valence-corrected chi connectivity index (χ3v) is 3.45. The molecule has 5 heteroatoms. The second-order valence-electron chi connectivity index (χ2n) is 5.29. The highest BCUT2D eigenvalue weighted by atomic mass is 16.4. The first-order chi connectivity index (χ1) is 9.27. The van der Waals surface area contributed by atoms with E-state index in [-0.39, 0.29) is 11.6 Å². The molecular formula is C15H22N2O3. The number of carboxylic acids is 1. The number of nitrogens with one attached hydrogen (secondary N) is 1. The molecule has 0 radical (unpaired) electrons. The Balaban J connectivity index is 3.30. The lowest BCUT2D eigenvalue weighted by Gasteiger charge is -2.24. The SMILES string of the molecule is CCC(Nc1cc(C(=O)O)c(C)cc1C(N)=O)C(C)C. The Labute approximate surface area is 119 Å². The van der Waals surface area contributed by atoms with Crippen molar-refractivity contribution in [3.05, 3.63) is 28.8 Å². The molecule has 1 aromatic carbocycles. The van der Waals surface area contributed by atoms with E-state index in [1.54, 1.807) is 6.92 Å². The average Bonchev–Trinajstić information content (AvgIpc) is 2.35. The summed E-state index contributed by atoms with van der Waals surface area (Å²) in [5.74, 6) is -1.22. The van der Waals surface area contributed by atoms with Crippen LogP contribution in [-0.2, 0) is 0 Å². The molecule has 0 aliphatic carbocycles. The number of carboxylic acid groups (broad SMARTS) is 1. The number of anilines is 1. The minimum absolute atomic E-state index is 0.150. The Morgan fingerprint density at radius 2 is 1.90 bits per heavy atom. The van der Waals surface area contributed by atoms with Gasteiger partial charge in [0.2, 0.25) is 0 Å². The number of nitrogens with two attached hydrogens (primary N) is 1. The molecule has 0 saturated carbocycles. The number of aryl methyl sites for hydroxylation is 1. The van der Waals surface area contributed by atoms with Gasteiger partial charge in [0.15, 0.2) is 0 Å². The fourth-order valence-electron chi connectivity index (χ4n) is 2.20. The van der Waals surface area contributed by atoms with Crippen molar-refractivity contribution in [2.24, 2.45) is 11.7 Å². The van der Waals surface area contributed by atoms with E-state index in [0.717, 1.165) is 6.42 Å². The zero-order valence-electron chi connectivity index (χ0n) is 12.4. The average molecular weight is 278 g/mol. The molecule has 0 aliphatic rings. The minimum atomic E-state index is -1.01. The highest BCUT2D eigenvalue weighted by Gasteiger charge is 2.18. The van der Waals surface area contributed by atoms with Gasteiger partial charge in [-0.3, -0.25) is 4.79 Å². The van der Waals surface area contributed by atoms with Gasteiger partial charge in [-0.2, -0.15) is 0 Å². The summed E-state index contributed by atoms with van der Waals surface area (Å²) >= 11 is 0. The maximum Gasteiger partial charge on any atom is 0.336 e. The molecule has 4 N–H and O–H groups in total. The van der Waals surface area contributed by atoms with E-state index in [4.69, 9.17) is 5.73 Å². The molecule has 1 rings (SSSR count). The fourth-order valence-corrected chi connectivity index (χ4v) is 2.20. The highest BCUT2D eigenvalue weighted by Crippen LogP contribution is 2.24. The molecule has 0 spiro atoms. The number of carbonyl (C=O) groups excluding carboxylic acids is 1. The molecule has 1 aromatic rings.